The number of nitrogens with zero attached hydrogens (tertiary/aromatic N) is 2. The molecule has 1 heterocycles. The van der Waals surface area contributed by atoms with Crippen molar-refractivity contribution in [1.82, 2.24) is 0 Å². The lowest BCUT2D eigenvalue weighted by Gasteiger charge is -2.37. The van der Waals surface area contributed by atoms with Gasteiger partial charge in [0.1, 0.15) is 5.82 Å². The van der Waals surface area contributed by atoms with Crippen LogP contribution >= 0.6 is 15.9 Å². The highest BCUT2D eigenvalue weighted by atomic mass is 79.9. The van der Waals surface area contributed by atoms with Crippen LogP contribution in [0.2, 0.25) is 0 Å². The lowest BCUT2D eigenvalue weighted by Crippen LogP contribution is -2.46. The van der Waals surface area contributed by atoms with E-state index < -0.39 is 0 Å². The number of piperazine rings is 1. The van der Waals surface area contributed by atoms with Crippen molar-refractivity contribution >= 4 is 33.0 Å². The molecule has 3 nitrogen and oxygen atoms in total. The molecule has 0 unspecified atom stereocenters. The molecule has 0 saturated carbocycles. The van der Waals surface area contributed by atoms with Crippen molar-refractivity contribution in [2.75, 3.05) is 41.7 Å². The Morgan fingerprint density at radius 1 is 0.905 bits per heavy atom. The summed E-state index contributed by atoms with van der Waals surface area (Å²) in [5.74, 6) is -0.191. The molecular formula is C16H17BrFN3. The molecular weight excluding hydrogens is 333 g/mol. The zero-order valence-electron chi connectivity index (χ0n) is 11.6. The Balaban J connectivity index is 1.68. The summed E-state index contributed by atoms with van der Waals surface area (Å²) in [5.41, 5.74) is 8.79. The maximum absolute atomic E-state index is 13.0. The summed E-state index contributed by atoms with van der Waals surface area (Å²) >= 11 is 3.57. The lowest BCUT2D eigenvalue weighted by molar-refractivity contribution is 0.624. The number of halogens is 2. The monoisotopic (exact) mass is 349 g/mol. The highest BCUT2D eigenvalue weighted by Crippen LogP contribution is 2.29. The van der Waals surface area contributed by atoms with Crippen LogP contribution in [0.3, 0.4) is 0 Å². The first-order valence-electron chi connectivity index (χ1n) is 6.94. The number of hydrogen-bond acceptors (Lipinski definition) is 3. The molecule has 2 aromatic rings. The fourth-order valence-corrected chi connectivity index (χ4v) is 3.28. The van der Waals surface area contributed by atoms with Gasteiger partial charge in [0.15, 0.2) is 0 Å². The van der Waals surface area contributed by atoms with Gasteiger partial charge in [0, 0.05) is 42.0 Å². The maximum atomic E-state index is 13.0. The molecule has 3 rings (SSSR count). The van der Waals surface area contributed by atoms with E-state index in [0.29, 0.717) is 0 Å². The van der Waals surface area contributed by atoms with E-state index in [1.54, 1.807) is 0 Å². The van der Waals surface area contributed by atoms with Gasteiger partial charge in [0.2, 0.25) is 0 Å². The van der Waals surface area contributed by atoms with Crippen molar-refractivity contribution in [3.63, 3.8) is 0 Å². The molecule has 1 fully saturated rings. The third kappa shape index (κ3) is 3.13. The summed E-state index contributed by atoms with van der Waals surface area (Å²) in [7, 11) is 0. The fourth-order valence-electron chi connectivity index (χ4n) is 2.64. The molecule has 2 N–H and O–H groups in total. The van der Waals surface area contributed by atoms with Gasteiger partial charge < -0.3 is 15.5 Å². The Bertz CT molecular complexity index is 622. The number of benzene rings is 2. The first-order chi connectivity index (χ1) is 10.1. The molecule has 0 amide bonds. The highest BCUT2D eigenvalue weighted by molar-refractivity contribution is 9.10. The summed E-state index contributed by atoms with van der Waals surface area (Å²) in [4.78, 5) is 4.62. The summed E-state index contributed by atoms with van der Waals surface area (Å²) in [5, 5.41) is 0. The predicted octanol–water partition coefficient (Wildman–Crippen LogP) is 3.50. The van der Waals surface area contributed by atoms with E-state index in [-0.39, 0.29) is 5.82 Å². The zero-order valence-corrected chi connectivity index (χ0v) is 13.2. The van der Waals surface area contributed by atoms with E-state index in [0.717, 1.165) is 42.0 Å². The first-order valence-corrected chi connectivity index (χ1v) is 7.73. The predicted molar refractivity (Wildman–Crippen MR) is 89.4 cm³/mol. The minimum atomic E-state index is -0.191. The standard InChI is InChI=1S/C16H17BrFN3/c17-15-11-13(19)3-6-16(15)21-9-7-20(8-10-21)14-4-1-12(18)2-5-14/h1-6,11H,7-10,19H2. The molecule has 0 spiro atoms. The topological polar surface area (TPSA) is 32.5 Å². The van der Waals surface area contributed by atoms with E-state index in [9.17, 15) is 4.39 Å². The van der Waals surface area contributed by atoms with E-state index in [4.69, 9.17) is 5.73 Å². The van der Waals surface area contributed by atoms with E-state index in [2.05, 4.69) is 25.7 Å². The van der Waals surface area contributed by atoms with Gasteiger partial charge in [-0.05, 0) is 58.4 Å². The average Bonchev–Trinajstić information content (AvgIpc) is 2.48. The van der Waals surface area contributed by atoms with Crippen molar-refractivity contribution in [2.45, 2.75) is 0 Å². The van der Waals surface area contributed by atoms with Gasteiger partial charge >= 0.3 is 0 Å². The molecule has 1 aliphatic rings. The van der Waals surface area contributed by atoms with Crippen molar-refractivity contribution < 1.29 is 4.39 Å². The number of nitrogens with two attached hydrogens (primary N) is 1. The van der Waals surface area contributed by atoms with Gasteiger partial charge in [-0.2, -0.15) is 0 Å². The molecule has 0 aromatic heterocycles. The number of rotatable bonds is 2. The van der Waals surface area contributed by atoms with Crippen molar-refractivity contribution in [3.05, 3.63) is 52.8 Å². The second-order valence-electron chi connectivity index (χ2n) is 5.16. The molecule has 0 radical (unpaired) electrons. The van der Waals surface area contributed by atoms with Gasteiger partial charge in [-0.3, -0.25) is 0 Å². The van der Waals surface area contributed by atoms with Gasteiger partial charge in [-0.1, -0.05) is 0 Å². The van der Waals surface area contributed by atoms with Gasteiger partial charge in [-0.15, -0.1) is 0 Å². The second-order valence-corrected chi connectivity index (χ2v) is 6.02. The Kier molecular flexibility index (Phi) is 4.01. The molecule has 0 atom stereocenters. The summed E-state index contributed by atoms with van der Waals surface area (Å²) in [6.45, 7) is 3.70. The SMILES string of the molecule is Nc1ccc(N2CCN(c3ccc(F)cc3)CC2)c(Br)c1. The fraction of sp³-hybridized carbons (Fsp3) is 0.250. The van der Waals surface area contributed by atoms with E-state index in [1.165, 1.54) is 17.8 Å². The normalized spacial score (nSPS) is 15.3. The third-order valence-corrected chi connectivity index (χ3v) is 4.42. The Morgan fingerprint density at radius 3 is 2.14 bits per heavy atom. The summed E-state index contributed by atoms with van der Waals surface area (Å²) in [6, 6.07) is 12.6. The van der Waals surface area contributed by atoms with Crippen LogP contribution in [0.25, 0.3) is 0 Å². The van der Waals surface area contributed by atoms with Crippen molar-refractivity contribution in [3.8, 4) is 0 Å². The summed E-state index contributed by atoms with van der Waals surface area (Å²) < 4.78 is 14.0. The van der Waals surface area contributed by atoms with Crippen molar-refractivity contribution in [1.29, 1.82) is 0 Å². The lowest BCUT2D eigenvalue weighted by atomic mass is 10.2. The van der Waals surface area contributed by atoms with Crippen LogP contribution in [0.4, 0.5) is 21.5 Å². The number of nitrogen functional groups attached to an aromatic ring is 1. The Morgan fingerprint density at radius 2 is 1.52 bits per heavy atom. The number of anilines is 3. The molecule has 5 heteroatoms. The van der Waals surface area contributed by atoms with Crippen LogP contribution in [-0.2, 0) is 0 Å². The van der Waals surface area contributed by atoms with Gasteiger partial charge in [0.25, 0.3) is 0 Å². The molecule has 0 aliphatic carbocycles. The smallest absolute Gasteiger partial charge is 0.123 e. The third-order valence-electron chi connectivity index (χ3n) is 3.78. The van der Waals surface area contributed by atoms with E-state index >= 15 is 0 Å². The van der Waals surface area contributed by atoms with Crippen molar-refractivity contribution in [2.24, 2.45) is 0 Å². The minimum absolute atomic E-state index is 0.191. The highest BCUT2D eigenvalue weighted by Gasteiger charge is 2.19. The van der Waals surface area contributed by atoms with Gasteiger partial charge in [0.05, 0.1) is 5.69 Å². The largest absolute Gasteiger partial charge is 0.399 e. The number of hydrogen-bond donors (Lipinski definition) is 1. The second kappa shape index (κ2) is 5.93. The molecule has 21 heavy (non-hydrogen) atoms. The quantitative estimate of drug-likeness (QED) is 0.842. The molecule has 1 saturated heterocycles. The first kappa shape index (κ1) is 14.2. The Hall–Kier alpha value is -1.75. The van der Waals surface area contributed by atoms with Crippen LogP contribution in [0, 0.1) is 5.82 Å². The maximum Gasteiger partial charge on any atom is 0.123 e. The van der Waals surface area contributed by atoms with Crippen LogP contribution < -0.4 is 15.5 Å². The zero-order chi connectivity index (χ0) is 14.8. The van der Waals surface area contributed by atoms with Gasteiger partial charge in [-0.25, -0.2) is 4.39 Å². The van der Waals surface area contributed by atoms with Crippen LogP contribution in [0.5, 0.6) is 0 Å². The molecule has 2 aromatic carbocycles. The molecule has 1 aliphatic heterocycles. The Labute approximate surface area is 132 Å². The van der Waals surface area contributed by atoms with Crippen LogP contribution in [0.15, 0.2) is 46.9 Å². The van der Waals surface area contributed by atoms with Crippen LogP contribution in [-0.4, -0.2) is 26.2 Å². The molecule has 0 bridgehead atoms. The average molecular weight is 350 g/mol. The minimum Gasteiger partial charge on any atom is -0.399 e. The van der Waals surface area contributed by atoms with E-state index in [1.807, 2.05) is 30.3 Å². The summed E-state index contributed by atoms with van der Waals surface area (Å²) in [6.07, 6.45) is 0. The van der Waals surface area contributed by atoms with Crippen LogP contribution in [0.1, 0.15) is 0 Å². The molecule has 110 valence electrons.